The van der Waals surface area contributed by atoms with Gasteiger partial charge in [0.2, 0.25) is 5.91 Å². The smallest absolute Gasteiger partial charge is 0.335 e. The zero-order valence-corrected chi connectivity index (χ0v) is 13.8. The van der Waals surface area contributed by atoms with E-state index in [0.29, 0.717) is 11.4 Å². The van der Waals surface area contributed by atoms with E-state index in [9.17, 15) is 9.59 Å². The molecule has 5 nitrogen and oxygen atoms in total. The van der Waals surface area contributed by atoms with Gasteiger partial charge in [-0.1, -0.05) is 15.9 Å². The van der Waals surface area contributed by atoms with Crippen molar-refractivity contribution in [3.63, 3.8) is 0 Å². The first kappa shape index (κ1) is 16.8. The Kier molecular flexibility index (Phi) is 5.54. The summed E-state index contributed by atoms with van der Waals surface area (Å²) in [6, 6.07) is 11.4. The van der Waals surface area contributed by atoms with Gasteiger partial charge in [0.1, 0.15) is 5.75 Å². The molecule has 0 spiro atoms. The average Bonchev–Trinajstić information content (AvgIpc) is 2.53. The molecule has 2 aromatic rings. The van der Waals surface area contributed by atoms with Gasteiger partial charge in [0, 0.05) is 21.8 Å². The third-order valence-corrected chi connectivity index (χ3v) is 3.50. The van der Waals surface area contributed by atoms with Crippen LogP contribution in [0.5, 0.6) is 5.75 Å². The molecule has 118 valence electrons. The minimum absolute atomic E-state index is 0.164. The average molecular weight is 376 g/mol. The number of carboxylic acids is 1. The molecule has 0 aliphatic rings. The van der Waals surface area contributed by atoms with Crippen LogP contribution in [0.3, 0.4) is 0 Å². The summed E-state index contributed by atoms with van der Waals surface area (Å²) in [7, 11) is 1.56. The van der Waals surface area contributed by atoms with Crippen molar-refractivity contribution in [3.05, 3.63) is 64.1 Å². The number of halogens is 1. The minimum atomic E-state index is -1.01. The highest BCUT2D eigenvalue weighted by atomic mass is 79.9. The second-order valence-corrected chi connectivity index (χ2v) is 5.51. The summed E-state index contributed by atoms with van der Waals surface area (Å²) in [5, 5.41) is 11.5. The highest BCUT2D eigenvalue weighted by Gasteiger charge is 2.04. The van der Waals surface area contributed by atoms with E-state index >= 15 is 0 Å². The third kappa shape index (κ3) is 4.69. The van der Waals surface area contributed by atoms with Crippen molar-refractivity contribution in [2.45, 2.75) is 0 Å². The van der Waals surface area contributed by atoms with Crippen molar-refractivity contribution in [1.82, 2.24) is 0 Å². The molecule has 2 rings (SSSR count). The van der Waals surface area contributed by atoms with E-state index in [4.69, 9.17) is 9.84 Å². The monoisotopic (exact) mass is 375 g/mol. The number of anilines is 1. The molecule has 0 heterocycles. The molecule has 0 fully saturated rings. The predicted molar refractivity (Wildman–Crippen MR) is 91.8 cm³/mol. The Morgan fingerprint density at radius 3 is 2.48 bits per heavy atom. The van der Waals surface area contributed by atoms with E-state index in [1.807, 2.05) is 12.1 Å². The maximum Gasteiger partial charge on any atom is 0.335 e. The summed E-state index contributed by atoms with van der Waals surface area (Å²) in [4.78, 5) is 22.7. The molecule has 23 heavy (non-hydrogen) atoms. The molecular weight excluding hydrogens is 362 g/mol. The molecule has 0 unspecified atom stereocenters. The molecule has 0 bridgehead atoms. The quantitative estimate of drug-likeness (QED) is 0.779. The SMILES string of the molecule is COc1ccc(Br)cc1C=CC(=O)Nc1ccc(C(=O)O)cc1. The van der Waals surface area contributed by atoms with E-state index in [-0.39, 0.29) is 11.5 Å². The summed E-state index contributed by atoms with van der Waals surface area (Å²) in [6.07, 6.45) is 3.03. The van der Waals surface area contributed by atoms with E-state index < -0.39 is 5.97 Å². The summed E-state index contributed by atoms with van der Waals surface area (Å²) in [6.45, 7) is 0. The lowest BCUT2D eigenvalue weighted by Gasteiger charge is -2.05. The molecule has 2 aromatic carbocycles. The number of aromatic carboxylic acids is 1. The lowest BCUT2D eigenvalue weighted by molar-refractivity contribution is -0.111. The minimum Gasteiger partial charge on any atom is -0.496 e. The van der Waals surface area contributed by atoms with Crippen molar-refractivity contribution < 1.29 is 19.4 Å². The van der Waals surface area contributed by atoms with Crippen molar-refractivity contribution >= 4 is 39.6 Å². The Labute approximate surface area is 141 Å². The highest BCUT2D eigenvalue weighted by molar-refractivity contribution is 9.10. The van der Waals surface area contributed by atoms with Crippen LogP contribution in [0.1, 0.15) is 15.9 Å². The van der Waals surface area contributed by atoms with Crippen LogP contribution in [0, 0.1) is 0 Å². The Hall–Kier alpha value is -2.60. The van der Waals surface area contributed by atoms with Crippen LogP contribution in [-0.4, -0.2) is 24.1 Å². The molecule has 0 aliphatic carbocycles. The molecule has 0 aliphatic heterocycles. The Balaban J connectivity index is 2.07. The van der Waals surface area contributed by atoms with E-state index in [2.05, 4.69) is 21.2 Å². The fourth-order valence-corrected chi connectivity index (χ4v) is 2.26. The number of carboxylic acid groups (broad SMARTS) is 1. The fourth-order valence-electron chi connectivity index (χ4n) is 1.88. The second kappa shape index (κ2) is 7.60. The number of methoxy groups -OCH3 is 1. The van der Waals surface area contributed by atoms with Crippen molar-refractivity contribution in [2.24, 2.45) is 0 Å². The number of amides is 1. The Morgan fingerprint density at radius 2 is 1.87 bits per heavy atom. The van der Waals surface area contributed by atoms with Crippen molar-refractivity contribution in [3.8, 4) is 5.75 Å². The van der Waals surface area contributed by atoms with Crippen LogP contribution in [0.25, 0.3) is 6.08 Å². The summed E-state index contributed by atoms with van der Waals surface area (Å²) in [5.74, 6) is -0.678. The molecule has 0 saturated carbocycles. The Morgan fingerprint density at radius 1 is 1.17 bits per heavy atom. The third-order valence-electron chi connectivity index (χ3n) is 3.01. The van der Waals surface area contributed by atoms with Gasteiger partial charge in [0.25, 0.3) is 0 Å². The number of rotatable bonds is 5. The van der Waals surface area contributed by atoms with Gasteiger partial charge in [-0.2, -0.15) is 0 Å². The van der Waals surface area contributed by atoms with Gasteiger partial charge in [-0.3, -0.25) is 4.79 Å². The molecule has 0 radical (unpaired) electrons. The summed E-state index contributed by atoms with van der Waals surface area (Å²) < 4.78 is 6.10. The van der Waals surface area contributed by atoms with Crippen molar-refractivity contribution in [1.29, 1.82) is 0 Å². The topological polar surface area (TPSA) is 75.6 Å². The first-order valence-electron chi connectivity index (χ1n) is 6.65. The summed E-state index contributed by atoms with van der Waals surface area (Å²) >= 11 is 3.37. The molecule has 0 aromatic heterocycles. The van der Waals surface area contributed by atoms with Crippen molar-refractivity contribution in [2.75, 3.05) is 12.4 Å². The van der Waals surface area contributed by atoms with Crippen LogP contribution >= 0.6 is 15.9 Å². The maximum atomic E-state index is 11.9. The number of carbonyl (C=O) groups is 2. The van der Waals surface area contributed by atoms with Crippen LogP contribution in [0.4, 0.5) is 5.69 Å². The number of benzene rings is 2. The number of nitrogens with one attached hydrogen (secondary N) is 1. The zero-order chi connectivity index (χ0) is 16.8. The van der Waals surface area contributed by atoms with Crippen LogP contribution in [-0.2, 0) is 4.79 Å². The fraction of sp³-hybridized carbons (Fsp3) is 0.0588. The van der Waals surface area contributed by atoms with Gasteiger partial charge in [0.15, 0.2) is 0 Å². The van der Waals surface area contributed by atoms with E-state index in [1.165, 1.54) is 30.3 Å². The van der Waals surface area contributed by atoms with Gasteiger partial charge >= 0.3 is 5.97 Å². The first-order valence-corrected chi connectivity index (χ1v) is 7.45. The number of ether oxygens (including phenoxy) is 1. The molecule has 0 saturated heterocycles. The lowest BCUT2D eigenvalue weighted by Crippen LogP contribution is -2.08. The van der Waals surface area contributed by atoms with Gasteiger partial charge in [-0.15, -0.1) is 0 Å². The second-order valence-electron chi connectivity index (χ2n) is 4.59. The molecule has 1 amide bonds. The first-order chi connectivity index (χ1) is 11.0. The molecular formula is C17H14BrNO4. The lowest BCUT2D eigenvalue weighted by atomic mass is 10.2. The molecule has 0 atom stereocenters. The highest BCUT2D eigenvalue weighted by Crippen LogP contribution is 2.24. The number of hydrogen-bond acceptors (Lipinski definition) is 3. The Bertz CT molecular complexity index is 754. The normalized spacial score (nSPS) is 10.5. The number of hydrogen-bond donors (Lipinski definition) is 2. The predicted octanol–water partition coefficient (Wildman–Crippen LogP) is 3.81. The maximum absolute atomic E-state index is 11.9. The number of carbonyl (C=O) groups excluding carboxylic acids is 1. The summed E-state index contributed by atoms with van der Waals surface area (Å²) in [5.41, 5.74) is 1.45. The van der Waals surface area contributed by atoms with Crippen LogP contribution in [0.2, 0.25) is 0 Å². The largest absolute Gasteiger partial charge is 0.496 e. The van der Waals surface area contributed by atoms with E-state index in [0.717, 1.165) is 10.0 Å². The molecule has 2 N–H and O–H groups in total. The standard InChI is InChI=1S/C17H14BrNO4/c1-23-15-8-5-13(18)10-12(15)4-9-16(20)19-14-6-2-11(3-7-14)17(21)22/h2-10H,1H3,(H,19,20)(H,21,22). The van der Waals surface area contributed by atoms with Gasteiger partial charge in [-0.25, -0.2) is 4.79 Å². The van der Waals surface area contributed by atoms with E-state index in [1.54, 1.807) is 19.3 Å². The van der Waals surface area contributed by atoms with Gasteiger partial charge < -0.3 is 15.2 Å². The van der Waals surface area contributed by atoms with Crippen LogP contribution in [0.15, 0.2) is 53.0 Å². The van der Waals surface area contributed by atoms with Gasteiger partial charge in [-0.05, 0) is 48.5 Å². The zero-order valence-electron chi connectivity index (χ0n) is 12.2. The van der Waals surface area contributed by atoms with Crippen LogP contribution < -0.4 is 10.1 Å². The molecule has 6 heteroatoms. The van der Waals surface area contributed by atoms with Gasteiger partial charge in [0.05, 0.1) is 12.7 Å².